The highest BCUT2D eigenvalue weighted by Crippen LogP contribution is 2.14. The van der Waals surface area contributed by atoms with Crippen LogP contribution in [0.1, 0.15) is 33.1 Å². The Labute approximate surface area is 128 Å². The second-order valence-corrected chi connectivity index (χ2v) is 7.33. The third-order valence-corrected chi connectivity index (χ3v) is 5.50. The maximum atomic E-state index is 11.8. The number of guanidine groups is 1. The number of aliphatic imine (C=N–C) groups is 1. The van der Waals surface area contributed by atoms with Gasteiger partial charge in [-0.25, -0.2) is 12.7 Å². The molecule has 0 bridgehead atoms. The summed E-state index contributed by atoms with van der Waals surface area (Å²) in [6, 6.07) is 0.279. The smallest absolute Gasteiger partial charge is 0.213 e. The average molecular weight is 316 g/mol. The summed E-state index contributed by atoms with van der Waals surface area (Å²) in [5.74, 6) is 0.968. The van der Waals surface area contributed by atoms with Crippen molar-refractivity contribution in [2.45, 2.75) is 39.2 Å². The van der Waals surface area contributed by atoms with Crippen molar-refractivity contribution in [2.24, 2.45) is 4.99 Å². The minimum atomic E-state index is -3.05. The molecule has 1 rings (SSSR count). The minimum Gasteiger partial charge on any atom is -0.356 e. The fourth-order valence-corrected chi connectivity index (χ4v) is 3.42. The van der Waals surface area contributed by atoms with Crippen molar-refractivity contribution in [2.75, 3.05) is 32.4 Å². The van der Waals surface area contributed by atoms with Crippen molar-refractivity contribution >= 4 is 16.0 Å². The summed E-state index contributed by atoms with van der Waals surface area (Å²) in [5, 5.41) is 6.63. The van der Waals surface area contributed by atoms with Crippen LogP contribution in [0.3, 0.4) is 0 Å². The molecule has 6 nitrogen and oxygen atoms in total. The Hall–Kier alpha value is -1.08. The highest BCUT2D eigenvalue weighted by molar-refractivity contribution is 7.89. The Kier molecular flexibility index (Phi) is 7.74. The van der Waals surface area contributed by atoms with Gasteiger partial charge in [0.25, 0.3) is 0 Å². The number of sulfonamides is 1. The van der Waals surface area contributed by atoms with E-state index in [0.29, 0.717) is 13.1 Å². The van der Waals surface area contributed by atoms with Crippen LogP contribution >= 0.6 is 0 Å². The molecule has 0 radical (unpaired) electrons. The molecule has 1 aliphatic heterocycles. The van der Waals surface area contributed by atoms with Crippen LogP contribution in [0.15, 0.2) is 17.1 Å². The molecule has 1 saturated heterocycles. The number of hydrogen-bond donors (Lipinski definition) is 2. The molecule has 122 valence electrons. The zero-order valence-electron chi connectivity index (χ0n) is 13.3. The lowest BCUT2D eigenvalue weighted by molar-refractivity contribution is 0.306. The molecular weight excluding hydrogens is 288 g/mol. The van der Waals surface area contributed by atoms with E-state index in [1.807, 2.05) is 13.0 Å². The van der Waals surface area contributed by atoms with Crippen molar-refractivity contribution < 1.29 is 8.42 Å². The van der Waals surface area contributed by atoms with Gasteiger partial charge in [-0.1, -0.05) is 12.2 Å². The zero-order valence-corrected chi connectivity index (χ0v) is 14.1. The summed E-state index contributed by atoms with van der Waals surface area (Å²) in [5.41, 5.74) is 0. The molecule has 0 spiro atoms. The highest BCUT2D eigenvalue weighted by Gasteiger charge is 2.26. The molecule has 21 heavy (non-hydrogen) atoms. The standard InChI is InChI=1S/C14H28N4O2S/c1-4-6-7-10-16-14(15-3)17-13-8-11-18(12-9-13)21(19,20)5-2/h4,6,13H,5,7-12H2,1-3H3,(H2,15,16,17)/b6-4+. The molecule has 0 aliphatic carbocycles. The first kappa shape index (κ1) is 18.0. The minimum absolute atomic E-state index is 0.180. The van der Waals surface area contributed by atoms with E-state index in [-0.39, 0.29) is 11.8 Å². The van der Waals surface area contributed by atoms with Gasteiger partial charge < -0.3 is 10.6 Å². The van der Waals surface area contributed by atoms with E-state index in [0.717, 1.165) is 31.8 Å². The van der Waals surface area contributed by atoms with Crippen molar-refractivity contribution in [3.8, 4) is 0 Å². The maximum absolute atomic E-state index is 11.8. The number of allylic oxidation sites excluding steroid dienone is 1. The van der Waals surface area contributed by atoms with Crippen LogP contribution in [0.2, 0.25) is 0 Å². The molecule has 0 amide bonds. The van der Waals surface area contributed by atoms with Crippen LogP contribution < -0.4 is 10.6 Å². The fourth-order valence-electron chi connectivity index (χ4n) is 2.29. The average Bonchev–Trinajstić information content (AvgIpc) is 2.50. The summed E-state index contributed by atoms with van der Waals surface area (Å²) in [4.78, 5) is 4.20. The monoisotopic (exact) mass is 316 g/mol. The van der Waals surface area contributed by atoms with E-state index in [9.17, 15) is 8.42 Å². The first-order valence-electron chi connectivity index (χ1n) is 7.59. The van der Waals surface area contributed by atoms with Crippen LogP contribution in [-0.4, -0.2) is 57.2 Å². The molecular formula is C14H28N4O2S. The topological polar surface area (TPSA) is 73.8 Å². The quantitative estimate of drug-likeness (QED) is 0.331. The third kappa shape index (κ3) is 6.05. The van der Waals surface area contributed by atoms with Gasteiger partial charge in [-0.3, -0.25) is 4.99 Å². The van der Waals surface area contributed by atoms with E-state index in [2.05, 4.69) is 21.7 Å². The van der Waals surface area contributed by atoms with E-state index in [1.54, 1.807) is 18.3 Å². The third-order valence-electron chi connectivity index (χ3n) is 3.62. The van der Waals surface area contributed by atoms with Gasteiger partial charge in [-0.15, -0.1) is 0 Å². The lowest BCUT2D eigenvalue weighted by Gasteiger charge is -2.32. The van der Waals surface area contributed by atoms with Gasteiger partial charge in [0.05, 0.1) is 5.75 Å². The van der Waals surface area contributed by atoms with Gasteiger partial charge in [0.1, 0.15) is 0 Å². The van der Waals surface area contributed by atoms with Crippen LogP contribution in [0.4, 0.5) is 0 Å². The second kappa shape index (κ2) is 9.04. The molecule has 0 aromatic heterocycles. The van der Waals surface area contributed by atoms with Crippen LogP contribution in [0.25, 0.3) is 0 Å². The maximum Gasteiger partial charge on any atom is 0.213 e. The molecule has 7 heteroatoms. The second-order valence-electron chi connectivity index (χ2n) is 5.07. The molecule has 0 unspecified atom stereocenters. The SMILES string of the molecule is C/C=C/CCNC(=NC)NC1CCN(S(=O)(=O)CC)CC1. The Bertz CT molecular complexity index is 452. The summed E-state index contributed by atoms with van der Waals surface area (Å²) in [6.45, 7) is 5.71. The van der Waals surface area contributed by atoms with E-state index in [4.69, 9.17) is 0 Å². The number of nitrogens with zero attached hydrogens (tertiary/aromatic N) is 2. The Morgan fingerprint density at radius 3 is 2.57 bits per heavy atom. The Morgan fingerprint density at radius 2 is 2.05 bits per heavy atom. The number of hydrogen-bond acceptors (Lipinski definition) is 3. The van der Waals surface area contributed by atoms with Gasteiger partial charge in [-0.05, 0) is 33.1 Å². The van der Waals surface area contributed by atoms with Crippen molar-refractivity contribution in [3.05, 3.63) is 12.2 Å². The highest BCUT2D eigenvalue weighted by atomic mass is 32.2. The van der Waals surface area contributed by atoms with E-state index in [1.165, 1.54) is 0 Å². The summed E-state index contributed by atoms with van der Waals surface area (Å²) < 4.78 is 25.2. The van der Waals surface area contributed by atoms with Gasteiger partial charge >= 0.3 is 0 Å². The molecule has 1 fully saturated rings. The summed E-state index contributed by atoms with van der Waals surface area (Å²) in [7, 11) is -1.30. The van der Waals surface area contributed by atoms with Crippen molar-refractivity contribution in [1.82, 2.24) is 14.9 Å². The zero-order chi connectivity index (χ0) is 15.7. The predicted molar refractivity (Wildman–Crippen MR) is 88.0 cm³/mol. The normalized spacial score (nSPS) is 19.1. The van der Waals surface area contributed by atoms with Gasteiger partial charge in [-0.2, -0.15) is 0 Å². The molecule has 0 saturated carbocycles. The fraction of sp³-hybridized carbons (Fsp3) is 0.786. The first-order chi connectivity index (χ1) is 10.0. The van der Waals surface area contributed by atoms with Crippen LogP contribution in [0.5, 0.6) is 0 Å². The molecule has 0 aromatic rings. The van der Waals surface area contributed by atoms with Gasteiger partial charge in [0, 0.05) is 32.7 Å². The van der Waals surface area contributed by atoms with Crippen LogP contribution in [-0.2, 0) is 10.0 Å². The summed E-state index contributed by atoms with van der Waals surface area (Å²) >= 11 is 0. The lowest BCUT2D eigenvalue weighted by atomic mass is 10.1. The molecule has 1 aliphatic rings. The van der Waals surface area contributed by atoms with E-state index < -0.39 is 10.0 Å². The van der Waals surface area contributed by atoms with Crippen molar-refractivity contribution in [3.63, 3.8) is 0 Å². The van der Waals surface area contributed by atoms with Gasteiger partial charge in [0.2, 0.25) is 10.0 Å². The van der Waals surface area contributed by atoms with E-state index >= 15 is 0 Å². The Balaban J connectivity index is 2.37. The molecule has 2 N–H and O–H groups in total. The number of nitrogens with one attached hydrogen (secondary N) is 2. The Morgan fingerprint density at radius 1 is 1.38 bits per heavy atom. The van der Waals surface area contributed by atoms with Crippen LogP contribution in [0, 0.1) is 0 Å². The predicted octanol–water partition coefficient (Wildman–Crippen LogP) is 0.932. The van der Waals surface area contributed by atoms with Gasteiger partial charge in [0.15, 0.2) is 5.96 Å². The molecule has 1 heterocycles. The molecule has 0 aromatic carbocycles. The number of rotatable bonds is 6. The largest absolute Gasteiger partial charge is 0.356 e. The van der Waals surface area contributed by atoms with Crippen molar-refractivity contribution in [1.29, 1.82) is 0 Å². The first-order valence-corrected chi connectivity index (χ1v) is 9.20. The molecule has 0 atom stereocenters. The number of piperidine rings is 1. The lowest BCUT2D eigenvalue weighted by Crippen LogP contribution is -2.50. The summed E-state index contributed by atoms with van der Waals surface area (Å²) in [6.07, 6.45) is 6.73.